The highest BCUT2D eigenvalue weighted by atomic mass is 19.4. The topological polar surface area (TPSA) is 12.0 Å². The van der Waals surface area contributed by atoms with Gasteiger partial charge >= 0.3 is 6.18 Å². The van der Waals surface area contributed by atoms with E-state index in [1.807, 2.05) is 0 Å². The molecule has 1 N–H and O–H groups in total. The van der Waals surface area contributed by atoms with Crippen LogP contribution in [0.25, 0.3) is 0 Å². The summed E-state index contributed by atoms with van der Waals surface area (Å²) in [5.74, 6) is -0.812. The molecule has 1 atom stereocenters. The minimum Gasteiger partial charge on any atom is -0.307 e. The van der Waals surface area contributed by atoms with Crippen LogP contribution in [0.5, 0.6) is 0 Å². The van der Waals surface area contributed by atoms with Crippen molar-refractivity contribution < 1.29 is 17.6 Å². The third-order valence-electron chi connectivity index (χ3n) is 4.75. The first-order valence-electron chi connectivity index (χ1n) is 7.56. The van der Waals surface area contributed by atoms with Crippen LogP contribution >= 0.6 is 0 Å². The summed E-state index contributed by atoms with van der Waals surface area (Å²) in [4.78, 5) is 0. The van der Waals surface area contributed by atoms with Gasteiger partial charge in [-0.2, -0.15) is 13.2 Å². The van der Waals surface area contributed by atoms with Gasteiger partial charge in [0.25, 0.3) is 0 Å². The summed E-state index contributed by atoms with van der Waals surface area (Å²) in [5.41, 5.74) is -0.948. The highest BCUT2D eigenvalue weighted by Gasteiger charge is 2.47. The molecule has 0 aromatic heterocycles. The third kappa shape index (κ3) is 2.80. The van der Waals surface area contributed by atoms with Gasteiger partial charge < -0.3 is 5.32 Å². The van der Waals surface area contributed by atoms with E-state index in [2.05, 4.69) is 5.32 Å². The Kier molecular flexibility index (Phi) is 3.72. The SMILES string of the molecule is Fc1ccc(C2(C3CC3)CCCCCN2)cc1C(F)(F)F. The van der Waals surface area contributed by atoms with E-state index in [1.54, 1.807) is 0 Å². The van der Waals surface area contributed by atoms with Crippen LogP contribution in [0.3, 0.4) is 0 Å². The lowest BCUT2D eigenvalue weighted by molar-refractivity contribution is -0.140. The van der Waals surface area contributed by atoms with Gasteiger partial charge in [-0.25, -0.2) is 4.39 Å². The van der Waals surface area contributed by atoms with Gasteiger partial charge in [0.2, 0.25) is 0 Å². The largest absolute Gasteiger partial charge is 0.419 e. The quantitative estimate of drug-likeness (QED) is 0.786. The van der Waals surface area contributed by atoms with Crippen molar-refractivity contribution in [1.82, 2.24) is 5.32 Å². The van der Waals surface area contributed by atoms with Crippen molar-refractivity contribution in [1.29, 1.82) is 0 Å². The Bertz CT molecular complexity index is 511. The van der Waals surface area contributed by atoms with E-state index >= 15 is 0 Å². The highest BCUT2D eigenvalue weighted by Crippen LogP contribution is 2.50. The molecule has 1 aromatic carbocycles. The van der Waals surface area contributed by atoms with Crippen molar-refractivity contribution >= 4 is 0 Å². The van der Waals surface area contributed by atoms with Gasteiger partial charge in [-0.05, 0) is 55.8 Å². The van der Waals surface area contributed by atoms with Crippen LogP contribution < -0.4 is 5.32 Å². The predicted molar refractivity (Wildman–Crippen MR) is 72.3 cm³/mol. The summed E-state index contributed by atoms with van der Waals surface area (Å²) < 4.78 is 52.4. The second kappa shape index (κ2) is 5.27. The Morgan fingerprint density at radius 3 is 2.52 bits per heavy atom. The molecule has 1 nitrogen and oxygen atoms in total. The monoisotopic (exact) mass is 301 g/mol. The molecule has 116 valence electrons. The van der Waals surface area contributed by atoms with Crippen LogP contribution in [0.1, 0.15) is 49.7 Å². The molecule has 2 aliphatic rings. The molecule has 3 rings (SSSR count). The summed E-state index contributed by atoms with van der Waals surface area (Å²) >= 11 is 0. The van der Waals surface area contributed by atoms with Gasteiger partial charge in [-0.3, -0.25) is 0 Å². The first-order chi connectivity index (χ1) is 9.93. The number of halogens is 4. The summed E-state index contributed by atoms with van der Waals surface area (Å²) in [7, 11) is 0. The van der Waals surface area contributed by atoms with Gasteiger partial charge in [0.15, 0.2) is 0 Å². The Labute approximate surface area is 121 Å². The maximum absolute atomic E-state index is 13.5. The third-order valence-corrected chi connectivity index (χ3v) is 4.75. The number of benzene rings is 1. The molecule has 0 spiro atoms. The maximum atomic E-state index is 13.5. The minimum absolute atomic E-state index is 0.377. The molecule has 1 aliphatic heterocycles. The van der Waals surface area contributed by atoms with Crippen LogP contribution in [-0.2, 0) is 11.7 Å². The first kappa shape index (κ1) is 14.8. The molecular weight excluding hydrogens is 282 g/mol. The van der Waals surface area contributed by atoms with Crippen molar-refractivity contribution in [3.05, 3.63) is 35.1 Å². The van der Waals surface area contributed by atoms with Gasteiger partial charge in [0.1, 0.15) is 5.82 Å². The Morgan fingerprint density at radius 2 is 1.86 bits per heavy atom. The highest BCUT2D eigenvalue weighted by molar-refractivity contribution is 5.34. The van der Waals surface area contributed by atoms with Gasteiger partial charge in [0, 0.05) is 5.54 Å². The molecule has 1 aliphatic carbocycles. The van der Waals surface area contributed by atoms with E-state index in [4.69, 9.17) is 0 Å². The second-order valence-electron chi connectivity index (χ2n) is 6.18. The van der Waals surface area contributed by atoms with Crippen LogP contribution in [-0.4, -0.2) is 6.54 Å². The number of hydrogen-bond acceptors (Lipinski definition) is 1. The van der Waals surface area contributed by atoms with E-state index in [-0.39, 0.29) is 0 Å². The first-order valence-corrected chi connectivity index (χ1v) is 7.56. The Hall–Kier alpha value is -1.10. The smallest absolute Gasteiger partial charge is 0.307 e. The molecular formula is C16H19F4N. The number of rotatable bonds is 2. The van der Waals surface area contributed by atoms with Crippen LogP contribution in [0, 0.1) is 11.7 Å². The molecule has 1 aromatic rings. The van der Waals surface area contributed by atoms with Crippen molar-refractivity contribution in [2.45, 2.75) is 50.2 Å². The fraction of sp³-hybridized carbons (Fsp3) is 0.625. The van der Waals surface area contributed by atoms with Crippen molar-refractivity contribution in [3.8, 4) is 0 Å². The molecule has 1 heterocycles. The molecule has 0 radical (unpaired) electrons. The van der Waals surface area contributed by atoms with Crippen molar-refractivity contribution in [2.75, 3.05) is 6.54 Å². The Balaban J connectivity index is 2.04. The van der Waals surface area contributed by atoms with Crippen molar-refractivity contribution in [3.63, 3.8) is 0 Å². The fourth-order valence-corrected chi connectivity index (χ4v) is 3.53. The summed E-state index contributed by atoms with van der Waals surface area (Å²) in [6, 6.07) is 3.52. The zero-order valence-corrected chi connectivity index (χ0v) is 11.8. The van der Waals surface area contributed by atoms with E-state index in [9.17, 15) is 17.6 Å². The molecule has 5 heteroatoms. The van der Waals surface area contributed by atoms with Gasteiger partial charge in [0.05, 0.1) is 5.56 Å². The maximum Gasteiger partial charge on any atom is 0.419 e. The normalized spacial score (nSPS) is 27.4. The van der Waals surface area contributed by atoms with E-state index < -0.39 is 23.1 Å². The molecule has 1 unspecified atom stereocenters. The van der Waals surface area contributed by atoms with Crippen LogP contribution in [0.15, 0.2) is 18.2 Å². The summed E-state index contributed by atoms with van der Waals surface area (Å²) in [6.45, 7) is 0.815. The van der Waals surface area contributed by atoms with E-state index in [0.29, 0.717) is 11.5 Å². The van der Waals surface area contributed by atoms with Gasteiger partial charge in [-0.15, -0.1) is 0 Å². The lowest BCUT2D eigenvalue weighted by Gasteiger charge is -2.35. The van der Waals surface area contributed by atoms with Crippen molar-refractivity contribution in [2.24, 2.45) is 5.92 Å². The predicted octanol–water partition coefficient (Wildman–Crippen LogP) is 4.61. The standard InChI is InChI=1S/C16H19F4N/c17-14-7-6-12(10-13(14)16(18,19)20)15(11-4-5-11)8-2-1-3-9-21-15/h6-7,10-11,21H,1-5,8-9H2. The fourth-order valence-electron chi connectivity index (χ4n) is 3.53. The average molecular weight is 301 g/mol. The number of nitrogens with one attached hydrogen (secondary N) is 1. The van der Waals surface area contributed by atoms with Crippen LogP contribution in [0.4, 0.5) is 17.6 Å². The summed E-state index contributed by atoms with van der Waals surface area (Å²) in [6.07, 6.45) is 1.40. The van der Waals surface area contributed by atoms with E-state index in [0.717, 1.165) is 57.2 Å². The Morgan fingerprint density at radius 1 is 1.10 bits per heavy atom. The average Bonchev–Trinajstić information content (AvgIpc) is 3.25. The molecule has 0 bridgehead atoms. The van der Waals surface area contributed by atoms with Gasteiger partial charge in [-0.1, -0.05) is 18.9 Å². The lowest BCUT2D eigenvalue weighted by Crippen LogP contribution is -2.44. The lowest BCUT2D eigenvalue weighted by atomic mass is 9.80. The minimum atomic E-state index is -4.64. The van der Waals surface area contributed by atoms with E-state index in [1.165, 1.54) is 6.07 Å². The summed E-state index contributed by atoms with van der Waals surface area (Å²) in [5, 5.41) is 3.48. The molecule has 2 fully saturated rings. The molecule has 1 saturated heterocycles. The molecule has 0 amide bonds. The molecule has 1 saturated carbocycles. The van der Waals surface area contributed by atoms with Crippen LogP contribution in [0.2, 0.25) is 0 Å². The zero-order valence-electron chi connectivity index (χ0n) is 11.8. The second-order valence-corrected chi connectivity index (χ2v) is 6.18. The number of alkyl halides is 3. The molecule has 21 heavy (non-hydrogen) atoms. The zero-order chi connectivity index (χ0) is 15.1. The number of hydrogen-bond donors (Lipinski definition) is 1.